The van der Waals surface area contributed by atoms with Crippen molar-refractivity contribution in [1.29, 1.82) is 0 Å². The molecular formula is C20H15N3O4. The van der Waals surface area contributed by atoms with Crippen LogP contribution in [0.3, 0.4) is 0 Å². The van der Waals surface area contributed by atoms with Gasteiger partial charge in [0.05, 0.1) is 18.7 Å². The van der Waals surface area contributed by atoms with Gasteiger partial charge in [-0.2, -0.15) is 0 Å². The van der Waals surface area contributed by atoms with Gasteiger partial charge in [0.25, 0.3) is 0 Å². The predicted molar refractivity (Wildman–Crippen MR) is 97.6 cm³/mol. The zero-order chi connectivity index (χ0) is 18.8. The van der Waals surface area contributed by atoms with Gasteiger partial charge in [-0.15, -0.1) is 0 Å². The molecule has 0 aliphatic rings. The van der Waals surface area contributed by atoms with E-state index in [-0.39, 0.29) is 5.69 Å². The van der Waals surface area contributed by atoms with Gasteiger partial charge in [-0.25, -0.2) is 4.79 Å². The van der Waals surface area contributed by atoms with Gasteiger partial charge >= 0.3 is 11.3 Å². The Hall–Kier alpha value is -3.87. The molecule has 0 atom stereocenters. The van der Waals surface area contributed by atoms with Crippen LogP contribution in [0.4, 0.5) is 5.69 Å². The number of ether oxygens (including phenoxy) is 1. The highest BCUT2D eigenvalue weighted by Gasteiger charge is 2.24. The molecule has 0 unspecified atom stereocenters. The molecule has 0 amide bonds. The highest BCUT2D eigenvalue weighted by molar-refractivity contribution is 5.97. The van der Waals surface area contributed by atoms with Crippen LogP contribution in [0.5, 0.6) is 5.75 Å². The van der Waals surface area contributed by atoms with Crippen LogP contribution < -0.4 is 20.2 Å². The van der Waals surface area contributed by atoms with Crippen molar-refractivity contribution in [2.75, 3.05) is 7.11 Å². The van der Waals surface area contributed by atoms with Gasteiger partial charge in [-0.3, -0.25) is 9.52 Å². The molecule has 0 fully saturated rings. The summed E-state index contributed by atoms with van der Waals surface area (Å²) in [5.74, 6) is -0.0457. The van der Waals surface area contributed by atoms with Crippen LogP contribution in [0, 0.1) is 0 Å². The molecule has 4 aromatic rings. The average Bonchev–Trinajstić information content (AvgIpc) is 3.10. The van der Waals surface area contributed by atoms with Crippen LogP contribution in [-0.4, -0.2) is 18.3 Å². The summed E-state index contributed by atoms with van der Waals surface area (Å²) >= 11 is 0. The Morgan fingerprint density at radius 1 is 1.07 bits per heavy atom. The minimum absolute atomic E-state index is 0.215. The SMILES string of the molecule is COc1ccc(-[n+]2[nH]oc(=O)c2C([O-])=Nc2cccc3ccccc23)cc1. The van der Waals surface area contributed by atoms with Crippen molar-refractivity contribution in [3.05, 3.63) is 82.8 Å². The molecule has 27 heavy (non-hydrogen) atoms. The molecule has 7 nitrogen and oxygen atoms in total. The van der Waals surface area contributed by atoms with Crippen molar-refractivity contribution >= 4 is 22.4 Å². The minimum Gasteiger partial charge on any atom is -0.854 e. The van der Waals surface area contributed by atoms with Gasteiger partial charge in [0, 0.05) is 17.5 Å². The molecule has 7 heteroatoms. The summed E-state index contributed by atoms with van der Waals surface area (Å²) in [5.41, 5.74) is 0.0195. The summed E-state index contributed by atoms with van der Waals surface area (Å²) in [6, 6.07) is 19.9. The number of aromatic amines is 1. The molecule has 0 spiro atoms. The van der Waals surface area contributed by atoms with E-state index in [0.29, 0.717) is 17.1 Å². The fraction of sp³-hybridized carbons (Fsp3) is 0.0500. The van der Waals surface area contributed by atoms with E-state index in [1.54, 1.807) is 37.4 Å². The Kier molecular flexibility index (Phi) is 4.18. The zero-order valence-corrected chi connectivity index (χ0v) is 14.4. The van der Waals surface area contributed by atoms with Gasteiger partial charge < -0.3 is 9.84 Å². The Bertz CT molecular complexity index is 1180. The lowest BCUT2D eigenvalue weighted by Gasteiger charge is -2.07. The number of hydrogen-bond donors (Lipinski definition) is 1. The first-order valence-electron chi connectivity index (χ1n) is 8.19. The van der Waals surface area contributed by atoms with Crippen LogP contribution >= 0.6 is 0 Å². The number of methoxy groups -OCH3 is 1. The van der Waals surface area contributed by atoms with E-state index < -0.39 is 11.5 Å². The van der Waals surface area contributed by atoms with Crippen LogP contribution in [-0.2, 0) is 0 Å². The molecule has 0 aliphatic carbocycles. The standard InChI is InChI=1S/C20H15N3O4/c1-26-15-11-9-14(10-12-15)23-18(20(25)27-22-23)19(24)21-17-8-4-6-13-5-2-3-7-16(13)17/h2-12H,1H3,(H-,21,22,24,25). The maximum Gasteiger partial charge on any atom is 0.436 e. The molecule has 1 aromatic heterocycles. The van der Waals surface area contributed by atoms with E-state index >= 15 is 0 Å². The average molecular weight is 361 g/mol. The van der Waals surface area contributed by atoms with Gasteiger partial charge in [-0.05, 0) is 33.5 Å². The van der Waals surface area contributed by atoms with Crippen LogP contribution in [0.25, 0.3) is 16.5 Å². The number of nitrogens with one attached hydrogen (secondary N) is 1. The van der Waals surface area contributed by atoms with Gasteiger partial charge in [0.1, 0.15) is 5.75 Å². The summed E-state index contributed by atoms with van der Waals surface area (Å²) in [4.78, 5) is 16.3. The molecule has 3 aromatic carbocycles. The quantitative estimate of drug-likeness (QED) is 0.341. The Balaban J connectivity index is 1.82. The summed E-state index contributed by atoms with van der Waals surface area (Å²) < 4.78 is 11.2. The fourth-order valence-electron chi connectivity index (χ4n) is 2.84. The molecule has 0 saturated carbocycles. The Labute approximate surface area is 153 Å². The number of benzene rings is 3. The largest absolute Gasteiger partial charge is 0.854 e. The Morgan fingerprint density at radius 3 is 2.59 bits per heavy atom. The molecular weight excluding hydrogens is 346 g/mol. The maximum absolute atomic E-state index is 12.8. The minimum atomic E-state index is -0.792. The van der Waals surface area contributed by atoms with Crippen molar-refractivity contribution in [3.8, 4) is 11.4 Å². The summed E-state index contributed by atoms with van der Waals surface area (Å²) in [6.45, 7) is 0. The number of aromatic nitrogens is 2. The number of H-pyrrole nitrogens is 1. The Morgan fingerprint density at radius 2 is 1.81 bits per heavy atom. The van der Waals surface area contributed by atoms with E-state index in [2.05, 4.69) is 10.3 Å². The molecule has 0 bridgehead atoms. The third-order valence-corrected chi connectivity index (χ3v) is 4.17. The van der Waals surface area contributed by atoms with Crippen molar-refractivity contribution in [3.63, 3.8) is 0 Å². The molecule has 1 heterocycles. The monoisotopic (exact) mass is 361 g/mol. The second-order valence-electron chi connectivity index (χ2n) is 5.78. The molecule has 0 saturated heterocycles. The second kappa shape index (κ2) is 6.80. The highest BCUT2D eigenvalue weighted by Crippen LogP contribution is 2.25. The van der Waals surface area contributed by atoms with E-state index in [1.165, 1.54) is 4.68 Å². The van der Waals surface area contributed by atoms with Gasteiger partial charge in [0.15, 0.2) is 0 Å². The van der Waals surface area contributed by atoms with E-state index in [9.17, 15) is 9.90 Å². The summed E-state index contributed by atoms with van der Waals surface area (Å²) in [5, 5.41) is 17.0. The van der Waals surface area contributed by atoms with E-state index in [1.807, 2.05) is 36.4 Å². The number of hydrogen-bond acceptors (Lipinski definition) is 5. The first-order chi connectivity index (χ1) is 13.2. The van der Waals surface area contributed by atoms with E-state index in [0.717, 1.165) is 10.8 Å². The van der Waals surface area contributed by atoms with E-state index in [4.69, 9.17) is 9.26 Å². The van der Waals surface area contributed by atoms with Crippen molar-refractivity contribution in [2.24, 2.45) is 4.99 Å². The van der Waals surface area contributed by atoms with Crippen LogP contribution in [0.1, 0.15) is 5.69 Å². The summed E-state index contributed by atoms with van der Waals surface area (Å²) in [6.07, 6.45) is 0. The summed E-state index contributed by atoms with van der Waals surface area (Å²) in [7, 11) is 1.56. The highest BCUT2D eigenvalue weighted by atomic mass is 16.5. The van der Waals surface area contributed by atoms with Gasteiger partial charge in [-0.1, -0.05) is 36.4 Å². The van der Waals surface area contributed by atoms with Crippen molar-refractivity contribution in [2.45, 2.75) is 0 Å². The maximum atomic E-state index is 12.8. The normalized spacial score (nSPS) is 11.7. The zero-order valence-electron chi connectivity index (χ0n) is 14.4. The van der Waals surface area contributed by atoms with Crippen molar-refractivity contribution < 1.29 is 19.0 Å². The van der Waals surface area contributed by atoms with Crippen LogP contribution in [0.2, 0.25) is 0 Å². The third kappa shape index (κ3) is 3.06. The number of fused-ring (bicyclic) bond motifs is 1. The number of aliphatic imine (C=N–C) groups is 1. The fourth-order valence-corrected chi connectivity index (χ4v) is 2.84. The lowest BCUT2D eigenvalue weighted by Crippen LogP contribution is -2.44. The smallest absolute Gasteiger partial charge is 0.436 e. The molecule has 134 valence electrons. The third-order valence-electron chi connectivity index (χ3n) is 4.17. The lowest BCUT2D eigenvalue weighted by atomic mass is 10.1. The predicted octanol–water partition coefficient (Wildman–Crippen LogP) is 1.84. The molecule has 4 rings (SSSR count). The topological polar surface area (TPSA) is 94.5 Å². The van der Waals surface area contributed by atoms with Gasteiger partial charge in [0.2, 0.25) is 5.69 Å². The van der Waals surface area contributed by atoms with Crippen LogP contribution in [0.15, 0.2) is 81.0 Å². The molecule has 1 N–H and O–H groups in total. The lowest BCUT2D eigenvalue weighted by molar-refractivity contribution is -0.673. The number of nitrogens with zero attached hydrogens (tertiary/aromatic N) is 2. The first-order valence-corrected chi connectivity index (χ1v) is 8.19. The van der Waals surface area contributed by atoms with Crippen molar-refractivity contribution in [1.82, 2.24) is 5.27 Å². The first kappa shape index (κ1) is 16.6. The number of rotatable bonds is 4. The molecule has 0 aliphatic heterocycles. The molecule has 0 radical (unpaired) electrons. The second-order valence-corrected chi connectivity index (χ2v) is 5.78.